The van der Waals surface area contributed by atoms with Gasteiger partial charge >= 0.3 is 6.01 Å². The van der Waals surface area contributed by atoms with Gasteiger partial charge in [0.25, 0.3) is 0 Å². The Balaban J connectivity index is 1.81. The highest BCUT2D eigenvalue weighted by Crippen LogP contribution is 2.19. The molecular weight excluding hydrogens is 364 g/mol. The minimum atomic E-state index is -3.81. The highest BCUT2D eigenvalue weighted by atomic mass is 32.2. The second-order valence-corrected chi connectivity index (χ2v) is 7.32. The first-order valence-electron chi connectivity index (χ1n) is 7.95. The molecule has 1 saturated heterocycles. The van der Waals surface area contributed by atoms with Gasteiger partial charge < -0.3 is 18.9 Å². The highest BCUT2D eigenvalue weighted by Gasteiger charge is 2.25. The molecule has 12 heteroatoms. The number of ether oxygens (including phenoxy) is 2. The van der Waals surface area contributed by atoms with Crippen molar-refractivity contribution in [3.8, 4) is 6.01 Å². The number of sulfonamides is 1. The van der Waals surface area contributed by atoms with E-state index in [0.717, 1.165) is 0 Å². The van der Waals surface area contributed by atoms with E-state index in [9.17, 15) is 8.42 Å². The van der Waals surface area contributed by atoms with Gasteiger partial charge in [0.1, 0.15) is 10.6 Å². The minimum absolute atomic E-state index is 0.0203. The van der Waals surface area contributed by atoms with Crippen LogP contribution in [0.25, 0.3) is 0 Å². The van der Waals surface area contributed by atoms with E-state index in [2.05, 4.69) is 24.8 Å². The lowest BCUT2D eigenvalue weighted by Gasteiger charge is -2.26. The largest absolute Gasteiger partial charge is 0.467 e. The van der Waals surface area contributed by atoms with Crippen LogP contribution in [0.5, 0.6) is 6.01 Å². The molecule has 1 aliphatic rings. The average Bonchev–Trinajstić information content (AvgIpc) is 2.99. The van der Waals surface area contributed by atoms with Gasteiger partial charge in [-0.3, -0.25) is 0 Å². The third-order valence-electron chi connectivity index (χ3n) is 3.78. The zero-order valence-corrected chi connectivity index (χ0v) is 15.5. The lowest BCUT2D eigenvalue weighted by atomic mass is 10.4. The molecule has 2 aromatic rings. The Morgan fingerprint density at radius 1 is 1.19 bits per heavy atom. The number of hydrogen-bond acceptors (Lipinski definition) is 10. The summed E-state index contributed by atoms with van der Waals surface area (Å²) in [6.45, 7) is 5.39. The zero-order chi connectivity index (χ0) is 18.7. The summed E-state index contributed by atoms with van der Waals surface area (Å²) in [7, 11) is -2.37. The minimum Gasteiger partial charge on any atom is -0.467 e. The van der Waals surface area contributed by atoms with Crippen molar-refractivity contribution in [1.29, 1.82) is 0 Å². The fourth-order valence-electron chi connectivity index (χ4n) is 2.55. The van der Waals surface area contributed by atoms with Crippen molar-refractivity contribution >= 4 is 16.0 Å². The molecule has 0 radical (unpaired) electrons. The number of rotatable bonds is 6. The van der Waals surface area contributed by atoms with Crippen LogP contribution in [0.3, 0.4) is 0 Å². The van der Waals surface area contributed by atoms with Crippen molar-refractivity contribution in [2.75, 3.05) is 38.3 Å². The van der Waals surface area contributed by atoms with E-state index in [1.165, 1.54) is 14.0 Å². The van der Waals surface area contributed by atoms with Crippen molar-refractivity contribution in [1.82, 2.24) is 24.8 Å². The maximum absolute atomic E-state index is 12.5. The Kier molecular flexibility index (Phi) is 5.34. The highest BCUT2D eigenvalue weighted by molar-refractivity contribution is 7.89. The van der Waals surface area contributed by atoms with Crippen molar-refractivity contribution in [2.24, 2.45) is 0 Å². The van der Waals surface area contributed by atoms with Crippen LogP contribution in [0, 0.1) is 13.8 Å². The predicted molar refractivity (Wildman–Crippen MR) is 89.4 cm³/mol. The Morgan fingerprint density at radius 3 is 2.54 bits per heavy atom. The van der Waals surface area contributed by atoms with E-state index < -0.39 is 10.0 Å². The summed E-state index contributed by atoms with van der Waals surface area (Å²) in [6.07, 6.45) is 0. The Hall–Kier alpha value is -2.31. The SMILES string of the molecule is COc1nc(CNS(=O)(=O)c2c(C)noc2C)nc(N2CCOCC2)n1. The molecule has 0 saturated carbocycles. The van der Waals surface area contributed by atoms with Gasteiger partial charge in [0.15, 0.2) is 11.6 Å². The second-order valence-electron chi connectivity index (χ2n) is 5.62. The first kappa shape index (κ1) is 18.5. The van der Waals surface area contributed by atoms with Crippen LogP contribution in [0.15, 0.2) is 9.42 Å². The summed E-state index contributed by atoms with van der Waals surface area (Å²) in [5.74, 6) is 0.887. The molecule has 3 heterocycles. The van der Waals surface area contributed by atoms with Gasteiger partial charge in [0.05, 0.1) is 26.9 Å². The van der Waals surface area contributed by atoms with Gasteiger partial charge in [-0.15, -0.1) is 0 Å². The molecule has 0 aromatic carbocycles. The van der Waals surface area contributed by atoms with Crippen molar-refractivity contribution in [3.05, 3.63) is 17.3 Å². The van der Waals surface area contributed by atoms with Gasteiger partial charge in [-0.25, -0.2) is 13.1 Å². The number of methoxy groups -OCH3 is 1. The molecule has 0 spiro atoms. The summed E-state index contributed by atoms with van der Waals surface area (Å²) in [6, 6.07) is 0.119. The number of nitrogens with one attached hydrogen (secondary N) is 1. The summed E-state index contributed by atoms with van der Waals surface area (Å²) < 4.78 is 42.8. The van der Waals surface area contributed by atoms with Crippen molar-refractivity contribution in [2.45, 2.75) is 25.3 Å². The summed E-state index contributed by atoms with van der Waals surface area (Å²) in [4.78, 5) is 14.6. The quantitative estimate of drug-likeness (QED) is 0.714. The molecule has 2 aromatic heterocycles. The maximum Gasteiger partial charge on any atom is 0.321 e. The molecule has 142 valence electrons. The van der Waals surface area contributed by atoms with Crippen molar-refractivity contribution < 1.29 is 22.4 Å². The van der Waals surface area contributed by atoms with E-state index in [0.29, 0.717) is 32.3 Å². The molecule has 0 atom stereocenters. The van der Waals surface area contributed by atoms with Crippen LogP contribution in [-0.4, -0.2) is 61.9 Å². The molecule has 0 bridgehead atoms. The number of nitrogens with zero attached hydrogens (tertiary/aromatic N) is 5. The van der Waals surface area contributed by atoms with E-state index >= 15 is 0 Å². The van der Waals surface area contributed by atoms with Crippen LogP contribution in [0.4, 0.5) is 5.95 Å². The van der Waals surface area contributed by atoms with E-state index in [-0.39, 0.29) is 34.7 Å². The van der Waals surface area contributed by atoms with Gasteiger partial charge in [0.2, 0.25) is 16.0 Å². The standard InChI is InChI=1S/C14H20N6O5S/c1-9-12(10(2)25-19-9)26(21,22)15-8-11-16-13(18-14(17-11)23-3)20-4-6-24-7-5-20/h15H,4-8H2,1-3H3. The molecule has 11 nitrogen and oxygen atoms in total. The zero-order valence-electron chi connectivity index (χ0n) is 14.7. The summed E-state index contributed by atoms with van der Waals surface area (Å²) in [5.41, 5.74) is 0.289. The fourth-order valence-corrected chi connectivity index (χ4v) is 3.86. The lowest BCUT2D eigenvalue weighted by molar-refractivity contribution is 0.122. The molecule has 1 aliphatic heterocycles. The van der Waals surface area contributed by atoms with E-state index in [1.807, 2.05) is 4.90 Å². The molecule has 1 N–H and O–H groups in total. The van der Waals surface area contributed by atoms with E-state index in [4.69, 9.17) is 14.0 Å². The van der Waals surface area contributed by atoms with Crippen LogP contribution < -0.4 is 14.4 Å². The molecule has 26 heavy (non-hydrogen) atoms. The van der Waals surface area contributed by atoms with Crippen LogP contribution in [0.2, 0.25) is 0 Å². The fraction of sp³-hybridized carbons (Fsp3) is 0.571. The topological polar surface area (TPSA) is 133 Å². The second kappa shape index (κ2) is 7.51. The Morgan fingerprint density at radius 2 is 1.92 bits per heavy atom. The summed E-state index contributed by atoms with van der Waals surface area (Å²) in [5, 5.41) is 3.67. The van der Waals surface area contributed by atoms with Gasteiger partial charge in [-0.2, -0.15) is 15.0 Å². The number of aromatic nitrogens is 4. The number of morpholine rings is 1. The van der Waals surface area contributed by atoms with Gasteiger partial charge in [0, 0.05) is 13.1 Å². The predicted octanol–water partition coefficient (Wildman–Crippen LogP) is -0.200. The first-order valence-corrected chi connectivity index (χ1v) is 9.43. The monoisotopic (exact) mass is 384 g/mol. The van der Waals surface area contributed by atoms with Gasteiger partial charge in [-0.05, 0) is 13.8 Å². The number of aryl methyl sites for hydroxylation is 2. The molecule has 0 amide bonds. The third-order valence-corrected chi connectivity index (χ3v) is 5.43. The van der Waals surface area contributed by atoms with Crippen LogP contribution in [0.1, 0.15) is 17.3 Å². The third kappa shape index (κ3) is 3.92. The van der Waals surface area contributed by atoms with Crippen LogP contribution >= 0.6 is 0 Å². The number of anilines is 1. The Bertz CT molecular complexity index is 858. The molecule has 0 unspecified atom stereocenters. The molecule has 0 aliphatic carbocycles. The average molecular weight is 384 g/mol. The smallest absolute Gasteiger partial charge is 0.321 e. The Labute approximate surface area is 150 Å². The van der Waals surface area contributed by atoms with Crippen molar-refractivity contribution in [3.63, 3.8) is 0 Å². The first-order chi connectivity index (χ1) is 12.4. The number of hydrogen-bond donors (Lipinski definition) is 1. The normalized spacial score (nSPS) is 15.3. The lowest BCUT2D eigenvalue weighted by Crippen LogP contribution is -2.37. The molecular formula is C14H20N6O5S. The summed E-state index contributed by atoms with van der Waals surface area (Å²) >= 11 is 0. The van der Waals surface area contributed by atoms with E-state index in [1.54, 1.807) is 6.92 Å². The molecule has 3 rings (SSSR count). The van der Waals surface area contributed by atoms with Crippen LogP contribution in [-0.2, 0) is 21.3 Å². The molecule has 1 fully saturated rings. The maximum atomic E-state index is 12.5. The van der Waals surface area contributed by atoms with Gasteiger partial charge in [-0.1, -0.05) is 5.16 Å².